The molecule has 0 aromatic heterocycles. The molecule has 1 saturated heterocycles. The number of halogens is 1. The van der Waals surface area contributed by atoms with Crippen LogP contribution in [0.4, 0.5) is 0 Å². The Morgan fingerprint density at radius 3 is 2.75 bits per heavy atom. The van der Waals surface area contributed by atoms with Gasteiger partial charge in [-0.1, -0.05) is 30.7 Å². The van der Waals surface area contributed by atoms with Crippen molar-refractivity contribution in [3.8, 4) is 0 Å². The van der Waals surface area contributed by atoms with Crippen LogP contribution >= 0.6 is 11.6 Å². The van der Waals surface area contributed by atoms with E-state index in [0.29, 0.717) is 12.0 Å². The van der Waals surface area contributed by atoms with Gasteiger partial charge in [0.25, 0.3) is 0 Å². The number of carbonyl (C=O) groups is 1. The fourth-order valence-electron chi connectivity index (χ4n) is 3.62. The summed E-state index contributed by atoms with van der Waals surface area (Å²) in [5.74, 6) is 0.652. The van der Waals surface area contributed by atoms with E-state index in [1.165, 1.54) is 5.56 Å². The molecule has 1 aromatic rings. The van der Waals surface area contributed by atoms with Crippen molar-refractivity contribution in [3.63, 3.8) is 0 Å². The highest BCUT2D eigenvalue weighted by Crippen LogP contribution is 2.47. The van der Waals surface area contributed by atoms with E-state index in [1.807, 2.05) is 18.2 Å². The Kier molecular flexibility index (Phi) is 5.80. The Labute approximate surface area is 150 Å². The number of benzene rings is 1. The molecule has 1 aliphatic carbocycles. The minimum absolute atomic E-state index is 0.118. The van der Waals surface area contributed by atoms with Crippen LogP contribution in [0.25, 0.3) is 0 Å². The van der Waals surface area contributed by atoms with Crippen LogP contribution in [-0.4, -0.2) is 61.0 Å². The van der Waals surface area contributed by atoms with Gasteiger partial charge in [0.2, 0.25) is 5.91 Å². The van der Waals surface area contributed by atoms with Crippen LogP contribution < -0.4 is 5.32 Å². The van der Waals surface area contributed by atoms with Crippen LogP contribution in [0.15, 0.2) is 24.3 Å². The highest BCUT2D eigenvalue weighted by Gasteiger charge is 2.43. The summed E-state index contributed by atoms with van der Waals surface area (Å²) >= 11 is 6.04. The zero-order chi connectivity index (χ0) is 17.1. The van der Waals surface area contributed by atoms with E-state index in [1.54, 1.807) is 0 Å². The Morgan fingerprint density at radius 2 is 2.08 bits per heavy atom. The number of amides is 1. The maximum Gasteiger partial charge on any atom is 0.223 e. The molecule has 1 N–H and O–H groups in total. The maximum absolute atomic E-state index is 12.4. The molecule has 2 aliphatic rings. The predicted octanol–water partition coefficient (Wildman–Crippen LogP) is 2.59. The first-order valence-electron chi connectivity index (χ1n) is 9.08. The number of hydrogen-bond donors (Lipinski definition) is 1. The Hall–Kier alpha value is -1.10. The third-order valence-electron chi connectivity index (χ3n) is 5.45. The largest absolute Gasteiger partial charge is 0.354 e. The van der Waals surface area contributed by atoms with Gasteiger partial charge in [-0.2, -0.15) is 0 Å². The van der Waals surface area contributed by atoms with Crippen molar-refractivity contribution in [2.24, 2.45) is 5.92 Å². The smallest absolute Gasteiger partial charge is 0.223 e. The Balaban J connectivity index is 1.42. The number of nitrogens with zero attached hydrogens (tertiary/aromatic N) is 2. The van der Waals surface area contributed by atoms with Gasteiger partial charge >= 0.3 is 0 Å². The summed E-state index contributed by atoms with van der Waals surface area (Å²) in [5.41, 5.74) is 1.19. The summed E-state index contributed by atoms with van der Waals surface area (Å²) in [6.07, 6.45) is 0.940. The predicted molar refractivity (Wildman–Crippen MR) is 98.5 cm³/mol. The minimum Gasteiger partial charge on any atom is -0.354 e. The minimum atomic E-state index is 0.118. The molecule has 1 amide bonds. The molecule has 1 saturated carbocycles. The summed E-state index contributed by atoms with van der Waals surface area (Å²) in [4.78, 5) is 17.3. The van der Waals surface area contributed by atoms with Gasteiger partial charge < -0.3 is 10.2 Å². The molecule has 132 valence electrons. The van der Waals surface area contributed by atoms with Crippen molar-refractivity contribution < 1.29 is 4.79 Å². The van der Waals surface area contributed by atoms with E-state index >= 15 is 0 Å². The molecule has 0 unspecified atom stereocenters. The van der Waals surface area contributed by atoms with Crippen LogP contribution in [0.3, 0.4) is 0 Å². The van der Waals surface area contributed by atoms with E-state index in [2.05, 4.69) is 35.0 Å². The van der Waals surface area contributed by atoms with Crippen LogP contribution in [0.1, 0.15) is 31.7 Å². The molecule has 1 aromatic carbocycles. The lowest BCUT2D eigenvalue weighted by atomic mass is 10.1. The molecule has 1 heterocycles. The van der Waals surface area contributed by atoms with E-state index in [-0.39, 0.29) is 11.8 Å². The van der Waals surface area contributed by atoms with Crippen molar-refractivity contribution in [3.05, 3.63) is 34.9 Å². The summed E-state index contributed by atoms with van der Waals surface area (Å²) in [5, 5.41) is 3.90. The fraction of sp³-hybridized carbons (Fsp3) is 0.632. The second kappa shape index (κ2) is 7.85. The van der Waals surface area contributed by atoms with Crippen molar-refractivity contribution in [2.45, 2.75) is 32.2 Å². The summed E-state index contributed by atoms with van der Waals surface area (Å²) in [6.45, 7) is 10.8. The maximum atomic E-state index is 12.4. The monoisotopic (exact) mass is 349 g/mol. The van der Waals surface area contributed by atoms with E-state index in [9.17, 15) is 4.79 Å². The molecule has 24 heavy (non-hydrogen) atoms. The molecule has 3 atom stereocenters. The zero-order valence-corrected chi connectivity index (χ0v) is 15.4. The first-order chi connectivity index (χ1) is 11.6. The van der Waals surface area contributed by atoms with Crippen molar-refractivity contribution >= 4 is 17.5 Å². The number of nitrogens with one attached hydrogen (secondary N) is 1. The lowest BCUT2D eigenvalue weighted by molar-refractivity contribution is -0.122. The molecule has 5 heteroatoms. The highest BCUT2D eigenvalue weighted by atomic mass is 35.5. The third-order valence-corrected chi connectivity index (χ3v) is 5.69. The number of hydrogen-bond acceptors (Lipinski definition) is 3. The second-order valence-corrected chi connectivity index (χ2v) is 7.50. The lowest BCUT2D eigenvalue weighted by Gasteiger charge is -2.37. The van der Waals surface area contributed by atoms with Crippen molar-refractivity contribution in [2.75, 3.05) is 39.3 Å². The van der Waals surface area contributed by atoms with Crippen LogP contribution in [0.2, 0.25) is 5.02 Å². The van der Waals surface area contributed by atoms with Crippen LogP contribution in [-0.2, 0) is 4.79 Å². The normalized spacial score (nSPS) is 26.1. The van der Waals surface area contributed by atoms with Crippen molar-refractivity contribution in [1.82, 2.24) is 15.1 Å². The van der Waals surface area contributed by atoms with Crippen LogP contribution in [0.5, 0.6) is 0 Å². The summed E-state index contributed by atoms with van der Waals surface area (Å²) in [7, 11) is 0. The standard InChI is InChI=1S/C19H28ClN3O/c1-3-22-7-9-23(10-8-22)14(2)13-21-19(24)18-12-17(18)15-5-4-6-16(20)11-15/h4-6,11,14,17-18H,3,7-10,12-13H2,1-2H3,(H,21,24)/t14-,17-,18+/m1/s1. The van der Waals surface area contributed by atoms with Gasteiger partial charge in [-0.3, -0.25) is 9.69 Å². The van der Waals surface area contributed by atoms with Gasteiger partial charge in [0.15, 0.2) is 0 Å². The van der Waals surface area contributed by atoms with E-state index in [0.717, 1.165) is 50.7 Å². The molecular formula is C19H28ClN3O. The lowest BCUT2D eigenvalue weighted by Crippen LogP contribution is -2.52. The van der Waals surface area contributed by atoms with E-state index < -0.39 is 0 Å². The Bertz CT molecular complexity index is 571. The molecular weight excluding hydrogens is 322 g/mol. The number of likely N-dealkylation sites (N-methyl/N-ethyl adjacent to an activating group) is 1. The van der Waals surface area contributed by atoms with Gasteiger partial charge in [-0.25, -0.2) is 0 Å². The average Bonchev–Trinajstić information content (AvgIpc) is 3.40. The van der Waals surface area contributed by atoms with Gasteiger partial charge in [0, 0.05) is 49.7 Å². The van der Waals surface area contributed by atoms with E-state index in [4.69, 9.17) is 11.6 Å². The molecule has 0 radical (unpaired) electrons. The SMILES string of the molecule is CCN1CCN([C@H](C)CNC(=O)[C@H]2C[C@@H]2c2cccc(Cl)c2)CC1. The second-order valence-electron chi connectivity index (χ2n) is 7.07. The number of rotatable bonds is 6. The van der Waals surface area contributed by atoms with Gasteiger partial charge in [-0.15, -0.1) is 0 Å². The van der Waals surface area contributed by atoms with Crippen LogP contribution in [0, 0.1) is 5.92 Å². The average molecular weight is 350 g/mol. The first-order valence-corrected chi connectivity index (χ1v) is 9.46. The number of carbonyl (C=O) groups excluding carboxylic acids is 1. The molecule has 3 rings (SSSR count). The topological polar surface area (TPSA) is 35.6 Å². The fourth-order valence-corrected chi connectivity index (χ4v) is 3.82. The zero-order valence-electron chi connectivity index (χ0n) is 14.7. The molecule has 2 fully saturated rings. The van der Waals surface area contributed by atoms with Crippen molar-refractivity contribution in [1.29, 1.82) is 0 Å². The van der Waals surface area contributed by atoms with Gasteiger partial charge in [-0.05, 0) is 43.5 Å². The summed E-state index contributed by atoms with van der Waals surface area (Å²) in [6, 6.07) is 8.29. The number of piperazine rings is 1. The quantitative estimate of drug-likeness (QED) is 0.857. The molecule has 0 spiro atoms. The molecule has 0 bridgehead atoms. The Morgan fingerprint density at radius 1 is 1.33 bits per heavy atom. The van der Waals surface area contributed by atoms with Gasteiger partial charge in [0.1, 0.15) is 0 Å². The molecule has 1 aliphatic heterocycles. The highest BCUT2D eigenvalue weighted by molar-refractivity contribution is 6.30. The van der Waals surface area contributed by atoms with Gasteiger partial charge in [0.05, 0.1) is 0 Å². The summed E-state index contributed by atoms with van der Waals surface area (Å²) < 4.78 is 0. The molecule has 4 nitrogen and oxygen atoms in total. The first kappa shape index (κ1) is 17.7. The third kappa shape index (κ3) is 4.29.